The molecule has 8 heteroatoms. The molecule has 0 unspecified atom stereocenters. The molecule has 1 aliphatic heterocycles. The van der Waals surface area contributed by atoms with Crippen LogP contribution in [-0.2, 0) is 16.1 Å². The van der Waals surface area contributed by atoms with Crippen molar-refractivity contribution >= 4 is 17.8 Å². The van der Waals surface area contributed by atoms with E-state index in [9.17, 15) is 9.59 Å². The van der Waals surface area contributed by atoms with E-state index in [0.29, 0.717) is 38.3 Å². The quantitative estimate of drug-likeness (QED) is 0.326. The van der Waals surface area contributed by atoms with Gasteiger partial charge in [0.05, 0.1) is 5.69 Å². The van der Waals surface area contributed by atoms with E-state index in [-0.39, 0.29) is 11.8 Å². The third-order valence-corrected chi connectivity index (χ3v) is 4.18. The van der Waals surface area contributed by atoms with Crippen LogP contribution in [0.2, 0.25) is 0 Å². The topological polar surface area (TPSA) is 91.6 Å². The van der Waals surface area contributed by atoms with E-state index in [2.05, 4.69) is 33.7 Å². The lowest BCUT2D eigenvalue weighted by atomic mass is 10.1. The molecule has 8 nitrogen and oxygen atoms in total. The highest BCUT2D eigenvalue weighted by atomic mass is 16.2. The fraction of sp³-hybridized carbons (Fsp3) is 0.647. The van der Waals surface area contributed by atoms with Crippen molar-refractivity contribution in [3.8, 4) is 0 Å². The number of rotatable bonds is 7. The average Bonchev–Trinajstić information content (AvgIpc) is 2.89. The smallest absolute Gasteiger partial charge is 0.229 e. The summed E-state index contributed by atoms with van der Waals surface area (Å²) in [6.07, 6.45) is 2.52. The zero-order valence-corrected chi connectivity index (χ0v) is 15.3. The largest absolute Gasteiger partial charge is 0.356 e. The van der Waals surface area contributed by atoms with E-state index >= 15 is 0 Å². The number of hydrogen-bond acceptors (Lipinski definition) is 4. The molecule has 138 valence electrons. The first kappa shape index (κ1) is 19.0. The van der Waals surface area contributed by atoms with Gasteiger partial charge in [0.15, 0.2) is 5.96 Å². The Morgan fingerprint density at radius 1 is 1.16 bits per heavy atom. The van der Waals surface area contributed by atoms with Gasteiger partial charge >= 0.3 is 0 Å². The number of nitrogens with one attached hydrogen (secondary N) is 2. The molecule has 25 heavy (non-hydrogen) atoms. The summed E-state index contributed by atoms with van der Waals surface area (Å²) in [5, 5.41) is 10.8. The molecule has 0 spiro atoms. The first-order chi connectivity index (χ1) is 12.0. The van der Waals surface area contributed by atoms with Gasteiger partial charge in [-0.1, -0.05) is 0 Å². The number of guanidine groups is 1. The van der Waals surface area contributed by atoms with Gasteiger partial charge in [-0.05, 0) is 32.8 Å². The average molecular weight is 348 g/mol. The first-order valence-electron chi connectivity index (χ1n) is 8.80. The van der Waals surface area contributed by atoms with Crippen LogP contribution in [-0.4, -0.2) is 59.1 Å². The third kappa shape index (κ3) is 5.58. The number of imide groups is 1. The first-order valence-corrected chi connectivity index (χ1v) is 8.80. The Bertz CT molecular complexity index is 621. The summed E-state index contributed by atoms with van der Waals surface area (Å²) in [5.41, 5.74) is 2.20. The Hall–Kier alpha value is -2.38. The molecule has 2 amide bonds. The molecule has 1 aromatic heterocycles. The van der Waals surface area contributed by atoms with E-state index in [4.69, 9.17) is 0 Å². The number of aliphatic imine (C=N–C) groups is 1. The Balaban J connectivity index is 1.66. The van der Waals surface area contributed by atoms with Gasteiger partial charge < -0.3 is 10.6 Å². The van der Waals surface area contributed by atoms with Crippen LogP contribution >= 0.6 is 0 Å². The second-order valence-electron chi connectivity index (χ2n) is 6.22. The molecular weight excluding hydrogens is 320 g/mol. The lowest BCUT2D eigenvalue weighted by Gasteiger charge is -2.25. The summed E-state index contributed by atoms with van der Waals surface area (Å²) in [6, 6.07) is 2.07. The summed E-state index contributed by atoms with van der Waals surface area (Å²) < 4.78 is 2.00. The van der Waals surface area contributed by atoms with Crippen LogP contribution in [0.25, 0.3) is 0 Å². The minimum atomic E-state index is -0.0779. The van der Waals surface area contributed by atoms with E-state index in [1.165, 1.54) is 4.90 Å². The van der Waals surface area contributed by atoms with Gasteiger partial charge in [0.2, 0.25) is 11.8 Å². The fourth-order valence-electron chi connectivity index (χ4n) is 2.89. The van der Waals surface area contributed by atoms with Crippen molar-refractivity contribution in [2.24, 2.45) is 4.99 Å². The molecule has 0 atom stereocenters. The highest BCUT2D eigenvalue weighted by molar-refractivity contribution is 5.97. The number of carbonyl (C=O) groups is 2. The van der Waals surface area contributed by atoms with Crippen molar-refractivity contribution in [3.63, 3.8) is 0 Å². The zero-order valence-electron chi connectivity index (χ0n) is 15.3. The molecule has 0 bridgehead atoms. The molecule has 2 N–H and O–H groups in total. The van der Waals surface area contributed by atoms with Gasteiger partial charge in [0, 0.05) is 51.8 Å². The maximum absolute atomic E-state index is 11.7. The van der Waals surface area contributed by atoms with Crippen LogP contribution in [0.15, 0.2) is 11.1 Å². The second-order valence-corrected chi connectivity index (χ2v) is 6.22. The number of piperidine rings is 1. The molecule has 1 aliphatic rings. The van der Waals surface area contributed by atoms with E-state index in [1.807, 2.05) is 11.6 Å². The Morgan fingerprint density at radius 3 is 2.44 bits per heavy atom. The van der Waals surface area contributed by atoms with Gasteiger partial charge in [-0.15, -0.1) is 0 Å². The molecule has 0 aliphatic carbocycles. The number of carbonyl (C=O) groups excluding carboxylic acids is 2. The summed E-state index contributed by atoms with van der Waals surface area (Å²) in [6.45, 7) is 6.53. The predicted molar refractivity (Wildman–Crippen MR) is 96.3 cm³/mol. The Labute approximate surface area is 148 Å². The molecule has 1 fully saturated rings. The van der Waals surface area contributed by atoms with Gasteiger partial charge in [0.25, 0.3) is 0 Å². The van der Waals surface area contributed by atoms with Crippen LogP contribution in [0, 0.1) is 13.8 Å². The van der Waals surface area contributed by atoms with Crippen LogP contribution in [0.3, 0.4) is 0 Å². The molecule has 0 aromatic carbocycles. The summed E-state index contributed by atoms with van der Waals surface area (Å²) in [4.78, 5) is 29.0. The van der Waals surface area contributed by atoms with Gasteiger partial charge in [0.1, 0.15) is 0 Å². The standard InChI is InChI=1S/C17H28N6O2/c1-13-12-14(2)23(21-13)10-5-8-19-17(18-3)20-9-11-22-15(24)6-4-7-16(22)25/h12H,4-11H2,1-3H3,(H2,18,19,20). The zero-order chi connectivity index (χ0) is 18.2. The van der Waals surface area contributed by atoms with Gasteiger partial charge in [-0.2, -0.15) is 5.10 Å². The molecule has 1 aromatic rings. The Kier molecular flexibility index (Phi) is 6.97. The number of aromatic nitrogens is 2. The lowest BCUT2D eigenvalue weighted by molar-refractivity contribution is -0.147. The molecule has 2 rings (SSSR count). The highest BCUT2D eigenvalue weighted by Gasteiger charge is 2.25. The van der Waals surface area contributed by atoms with Crippen molar-refractivity contribution in [2.45, 2.75) is 46.1 Å². The van der Waals surface area contributed by atoms with Crippen molar-refractivity contribution in [3.05, 3.63) is 17.5 Å². The monoisotopic (exact) mass is 348 g/mol. The lowest BCUT2D eigenvalue weighted by Crippen LogP contribution is -2.46. The minimum Gasteiger partial charge on any atom is -0.356 e. The number of likely N-dealkylation sites (tertiary alicyclic amines) is 1. The van der Waals surface area contributed by atoms with Crippen molar-refractivity contribution < 1.29 is 9.59 Å². The summed E-state index contributed by atoms with van der Waals surface area (Å²) >= 11 is 0. The second kappa shape index (κ2) is 9.19. The van der Waals surface area contributed by atoms with E-state index in [1.54, 1.807) is 7.05 Å². The van der Waals surface area contributed by atoms with Gasteiger partial charge in [-0.3, -0.25) is 24.2 Å². The van der Waals surface area contributed by atoms with Crippen LogP contribution in [0.1, 0.15) is 37.1 Å². The Morgan fingerprint density at radius 2 is 1.84 bits per heavy atom. The number of amides is 2. The van der Waals surface area contributed by atoms with Crippen molar-refractivity contribution in [1.29, 1.82) is 0 Å². The SMILES string of the molecule is CN=C(NCCCn1nc(C)cc1C)NCCN1C(=O)CCCC1=O. The normalized spacial score (nSPS) is 15.6. The fourth-order valence-corrected chi connectivity index (χ4v) is 2.89. The predicted octanol–water partition coefficient (Wildman–Crippen LogP) is 0.594. The minimum absolute atomic E-state index is 0.0779. The van der Waals surface area contributed by atoms with Crippen LogP contribution in [0.4, 0.5) is 0 Å². The number of aryl methyl sites for hydroxylation is 3. The molecule has 2 heterocycles. The third-order valence-electron chi connectivity index (χ3n) is 4.18. The number of nitrogens with zero attached hydrogens (tertiary/aromatic N) is 4. The molecule has 0 radical (unpaired) electrons. The van der Waals surface area contributed by atoms with E-state index in [0.717, 1.165) is 30.9 Å². The summed E-state index contributed by atoms with van der Waals surface area (Å²) in [7, 11) is 1.70. The van der Waals surface area contributed by atoms with Crippen molar-refractivity contribution in [2.75, 3.05) is 26.7 Å². The van der Waals surface area contributed by atoms with Crippen LogP contribution < -0.4 is 10.6 Å². The molecular formula is C17H28N6O2. The van der Waals surface area contributed by atoms with E-state index < -0.39 is 0 Å². The van der Waals surface area contributed by atoms with Crippen LogP contribution in [0.5, 0.6) is 0 Å². The van der Waals surface area contributed by atoms with Crippen molar-refractivity contribution in [1.82, 2.24) is 25.3 Å². The summed E-state index contributed by atoms with van der Waals surface area (Å²) in [5.74, 6) is 0.516. The molecule has 0 saturated carbocycles. The molecule has 1 saturated heterocycles. The maximum Gasteiger partial charge on any atom is 0.229 e. The highest BCUT2D eigenvalue weighted by Crippen LogP contribution is 2.11. The maximum atomic E-state index is 11.7. The number of hydrogen-bond donors (Lipinski definition) is 2. The van der Waals surface area contributed by atoms with Gasteiger partial charge in [-0.25, -0.2) is 0 Å².